The summed E-state index contributed by atoms with van der Waals surface area (Å²) in [6.45, 7) is 1.93. The molecule has 7 nitrogen and oxygen atoms in total. The molecule has 1 aromatic carbocycles. The summed E-state index contributed by atoms with van der Waals surface area (Å²) in [6, 6.07) is 9.30. The van der Waals surface area contributed by atoms with Crippen molar-refractivity contribution in [2.24, 2.45) is 0 Å². The third kappa shape index (κ3) is 4.78. The van der Waals surface area contributed by atoms with Crippen molar-refractivity contribution in [1.29, 1.82) is 5.26 Å². The first-order valence-corrected chi connectivity index (χ1v) is 10.4. The van der Waals surface area contributed by atoms with Crippen LogP contribution < -0.4 is 14.9 Å². The van der Waals surface area contributed by atoms with E-state index in [1.165, 1.54) is 23.3 Å². The zero-order valence-electron chi connectivity index (χ0n) is 15.0. The Balaban J connectivity index is 1.90. The maximum atomic E-state index is 12.4. The van der Waals surface area contributed by atoms with E-state index in [-0.39, 0.29) is 24.4 Å². The van der Waals surface area contributed by atoms with E-state index in [1.54, 1.807) is 35.4 Å². The quantitative estimate of drug-likeness (QED) is 0.692. The summed E-state index contributed by atoms with van der Waals surface area (Å²) < 4.78 is 2.67. The van der Waals surface area contributed by atoms with Crippen LogP contribution in [0.25, 0.3) is 0 Å². The summed E-state index contributed by atoms with van der Waals surface area (Å²) in [5, 5.41) is 12.5. The largest absolute Gasteiger partial charge is 0.352 e. The third-order valence-electron chi connectivity index (χ3n) is 3.98. The van der Waals surface area contributed by atoms with Crippen LogP contribution in [0.3, 0.4) is 0 Å². The van der Waals surface area contributed by atoms with Crippen LogP contribution in [0.5, 0.6) is 0 Å². The van der Waals surface area contributed by atoms with Crippen LogP contribution in [0.15, 0.2) is 24.3 Å². The Kier molecular flexibility index (Phi) is 5.98. The van der Waals surface area contributed by atoms with Crippen LogP contribution in [0, 0.1) is 18.3 Å². The topological polar surface area (TPSA) is 98.1 Å². The number of aryl methyl sites for hydroxylation is 1. The van der Waals surface area contributed by atoms with Crippen molar-refractivity contribution >= 4 is 45.9 Å². The molecule has 1 heterocycles. The van der Waals surface area contributed by atoms with Crippen molar-refractivity contribution in [3.8, 4) is 6.07 Å². The molecule has 0 bridgehead atoms. The van der Waals surface area contributed by atoms with Gasteiger partial charge in [-0.2, -0.15) is 5.26 Å². The summed E-state index contributed by atoms with van der Waals surface area (Å²) >= 11 is 2.57. The second-order valence-electron chi connectivity index (χ2n) is 6.12. The Morgan fingerprint density at radius 2 is 2.07 bits per heavy atom. The number of thiazole rings is 1. The molecule has 0 atom stereocenters. The molecule has 1 fully saturated rings. The molecule has 1 aliphatic rings. The molecule has 1 saturated carbocycles. The van der Waals surface area contributed by atoms with E-state index < -0.39 is 0 Å². The SMILES string of the molecule is CSNC(=O)c1nc(N(CC(=O)NC2CC2)c2ccc(C#N)cc2)sc1C. The number of hydrogen-bond donors (Lipinski definition) is 2. The molecule has 0 unspecified atom stereocenters. The maximum absolute atomic E-state index is 12.4. The highest BCUT2D eigenvalue weighted by molar-refractivity contribution is 7.97. The van der Waals surface area contributed by atoms with Gasteiger partial charge < -0.3 is 10.2 Å². The number of rotatable bonds is 7. The van der Waals surface area contributed by atoms with Crippen molar-refractivity contribution in [2.45, 2.75) is 25.8 Å². The summed E-state index contributed by atoms with van der Waals surface area (Å²) in [5.41, 5.74) is 1.63. The highest BCUT2D eigenvalue weighted by atomic mass is 32.2. The summed E-state index contributed by atoms with van der Waals surface area (Å²) in [5.74, 6) is -0.352. The van der Waals surface area contributed by atoms with E-state index in [0.29, 0.717) is 16.4 Å². The third-order valence-corrected chi connectivity index (χ3v) is 5.36. The first kappa shape index (κ1) is 19.2. The van der Waals surface area contributed by atoms with Gasteiger partial charge in [0.2, 0.25) is 5.91 Å². The lowest BCUT2D eigenvalue weighted by Gasteiger charge is -2.21. The van der Waals surface area contributed by atoms with Crippen LogP contribution in [-0.4, -0.2) is 35.6 Å². The van der Waals surface area contributed by atoms with Crippen LogP contribution in [0.2, 0.25) is 0 Å². The molecular formula is C18H19N5O2S2. The minimum atomic E-state index is -0.260. The van der Waals surface area contributed by atoms with Gasteiger partial charge in [-0.15, -0.1) is 11.3 Å². The molecule has 9 heteroatoms. The summed E-state index contributed by atoms with van der Waals surface area (Å²) in [7, 11) is 0. The van der Waals surface area contributed by atoms with Gasteiger partial charge in [-0.1, -0.05) is 11.9 Å². The average Bonchev–Trinajstić information content (AvgIpc) is 3.38. The molecule has 140 valence electrons. The Labute approximate surface area is 165 Å². The monoisotopic (exact) mass is 401 g/mol. The van der Waals surface area contributed by atoms with Gasteiger partial charge in [-0.3, -0.25) is 14.3 Å². The molecule has 0 radical (unpaired) electrons. The maximum Gasteiger partial charge on any atom is 0.280 e. The highest BCUT2D eigenvalue weighted by Crippen LogP contribution is 2.32. The number of nitrogens with zero attached hydrogens (tertiary/aromatic N) is 3. The lowest BCUT2D eigenvalue weighted by atomic mass is 10.2. The Bertz CT molecular complexity index is 884. The second-order valence-corrected chi connectivity index (χ2v) is 7.92. The van der Waals surface area contributed by atoms with Crippen LogP contribution in [-0.2, 0) is 4.79 Å². The second kappa shape index (κ2) is 8.41. The predicted octanol–water partition coefficient (Wildman–Crippen LogP) is 2.75. The van der Waals surface area contributed by atoms with Crippen LogP contribution in [0.1, 0.15) is 33.8 Å². The molecule has 1 aliphatic carbocycles. The number of nitriles is 1. The van der Waals surface area contributed by atoms with Crippen LogP contribution in [0.4, 0.5) is 10.8 Å². The smallest absolute Gasteiger partial charge is 0.280 e. The fourth-order valence-corrected chi connectivity index (χ4v) is 3.69. The number of benzene rings is 1. The minimum absolute atomic E-state index is 0.0928. The lowest BCUT2D eigenvalue weighted by molar-refractivity contribution is -0.119. The zero-order valence-corrected chi connectivity index (χ0v) is 16.6. The molecule has 2 amide bonds. The van der Waals surface area contributed by atoms with Crippen molar-refractivity contribution < 1.29 is 9.59 Å². The van der Waals surface area contributed by atoms with Gasteiger partial charge in [0, 0.05) is 22.9 Å². The van der Waals surface area contributed by atoms with Gasteiger partial charge in [0.05, 0.1) is 11.6 Å². The molecule has 1 aromatic heterocycles. The number of carbonyl (C=O) groups excluding carboxylic acids is 2. The van der Waals surface area contributed by atoms with Crippen molar-refractivity contribution in [2.75, 3.05) is 17.7 Å². The molecular weight excluding hydrogens is 382 g/mol. The average molecular weight is 402 g/mol. The van der Waals surface area contributed by atoms with E-state index in [9.17, 15) is 9.59 Å². The minimum Gasteiger partial charge on any atom is -0.352 e. The summed E-state index contributed by atoms with van der Waals surface area (Å²) in [6.07, 6.45) is 3.79. The summed E-state index contributed by atoms with van der Waals surface area (Å²) in [4.78, 5) is 31.6. The van der Waals surface area contributed by atoms with Gasteiger partial charge in [-0.05, 0) is 44.0 Å². The number of anilines is 2. The molecule has 2 N–H and O–H groups in total. The highest BCUT2D eigenvalue weighted by Gasteiger charge is 2.26. The number of hydrogen-bond acceptors (Lipinski definition) is 7. The first-order valence-electron chi connectivity index (χ1n) is 8.39. The lowest BCUT2D eigenvalue weighted by Crippen LogP contribution is -2.36. The van der Waals surface area contributed by atoms with E-state index in [0.717, 1.165) is 23.4 Å². The van der Waals surface area contributed by atoms with Gasteiger partial charge in [0.1, 0.15) is 12.2 Å². The number of carbonyl (C=O) groups is 2. The van der Waals surface area contributed by atoms with Crippen LogP contribution >= 0.6 is 23.3 Å². The number of amides is 2. The Morgan fingerprint density at radius 1 is 1.37 bits per heavy atom. The zero-order chi connectivity index (χ0) is 19.4. The molecule has 27 heavy (non-hydrogen) atoms. The van der Waals surface area contributed by atoms with Gasteiger partial charge >= 0.3 is 0 Å². The molecule has 0 saturated heterocycles. The van der Waals surface area contributed by atoms with E-state index in [2.05, 4.69) is 21.1 Å². The van der Waals surface area contributed by atoms with Crippen molar-refractivity contribution in [1.82, 2.24) is 15.0 Å². The van der Waals surface area contributed by atoms with E-state index in [4.69, 9.17) is 5.26 Å². The fourth-order valence-electron chi connectivity index (χ4n) is 2.48. The van der Waals surface area contributed by atoms with Crippen molar-refractivity contribution in [3.05, 3.63) is 40.4 Å². The number of nitrogens with one attached hydrogen (secondary N) is 2. The van der Waals surface area contributed by atoms with E-state index >= 15 is 0 Å². The normalized spacial score (nSPS) is 12.9. The number of aromatic nitrogens is 1. The van der Waals surface area contributed by atoms with Gasteiger partial charge in [0.15, 0.2) is 5.13 Å². The molecule has 0 spiro atoms. The van der Waals surface area contributed by atoms with Gasteiger partial charge in [-0.25, -0.2) is 4.98 Å². The Hall–Kier alpha value is -2.57. The Morgan fingerprint density at radius 3 is 2.67 bits per heavy atom. The first-order chi connectivity index (χ1) is 13.0. The standard InChI is InChI=1S/C18H19N5O2S2/c1-11-16(17(25)22-26-2)21-18(27-11)23(10-15(24)20-13-5-6-13)14-7-3-12(9-19)4-8-14/h3-4,7-8,13H,5-6,10H2,1-2H3,(H,20,24)(H,22,25). The van der Waals surface area contributed by atoms with E-state index in [1.807, 2.05) is 6.92 Å². The molecule has 3 rings (SSSR count). The molecule has 2 aromatic rings. The predicted molar refractivity (Wildman–Crippen MR) is 107 cm³/mol. The molecule has 0 aliphatic heterocycles. The van der Waals surface area contributed by atoms with Crippen molar-refractivity contribution in [3.63, 3.8) is 0 Å². The van der Waals surface area contributed by atoms with Gasteiger partial charge in [0.25, 0.3) is 5.91 Å². The fraction of sp³-hybridized carbons (Fsp3) is 0.333.